The summed E-state index contributed by atoms with van der Waals surface area (Å²) in [6.07, 6.45) is 1.68. The van der Waals surface area contributed by atoms with Crippen LogP contribution in [-0.2, 0) is 0 Å². The van der Waals surface area contributed by atoms with Crippen molar-refractivity contribution >= 4 is 11.8 Å². The highest BCUT2D eigenvalue weighted by Gasteiger charge is 2.41. The third-order valence-corrected chi connectivity index (χ3v) is 4.16. The highest BCUT2D eigenvalue weighted by Crippen LogP contribution is 2.20. The van der Waals surface area contributed by atoms with Gasteiger partial charge in [0.25, 0.3) is 6.20 Å². The molecule has 0 radical (unpaired) electrons. The van der Waals surface area contributed by atoms with Crippen LogP contribution < -0.4 is 14.9 Å². The van der Waals surface area contributed by atoms with Crippen molar-refractivity contribution in [2.24, 2.45) is 10.4 Å². The van der Waals surface area contributed by atoms with E-state index in [9.17, 15) is 5.11 Å². The molecular formula is C16H29N5O2. The maximum absolute atomic E-state index is 12.0. The molecule has 2 rings (SSSR count). The summed E-state index contributed by atoms with van der Waals surface area (Å²) in [7, 11) is 0. The Balaban J connectivity index is 2.18. The van der Waals surface area contributed by atoms with Gasteiger partial charge in [-0.15, -0.1) is 5.01 Å². The molecule has 1 aliphatic heterocycles. The largest absolute Gasteiger partial charge is 0.861 e. The summed E-state index contributed by atoms with van der Waals surface area (Å²) in [5, 5.41) is 18.2. The second-order valence-electron chi connectivity index (χ2n) is 8.13. The van der Waals surface area contributed by atoms with Crippen LogP contribution in [0.15, 0.2) is 15.7 Å². The minimum Gasteiger partial charge on any atom is -0.861 e. The first kappa shape index (κ1) is 17.7. The molecule has 0 saturated carbocycles. The van der Waals surface area contributed by atoms with Gasteiger partial charge in [-0.05, 0) is 39.0 Å². The minimum absolute atomic E-state index is 0.0879. The van der Waals surface area contributed by atoms with Crippen molar-refractivity contribution < 1.29 is 14.4 Å². The van der Waals surface area contributed by atoms with Crippen molar-refractivity contribution in [3.8, 4) is 0 Å². The van der Waals surface area contributed by atoms with Crippen LogP contribution in [0.25, 0.3) is 0 Å². The Kier molecular flexibility index (Phi) is 4.71. The molecule has 0 spiro atoms. The van der Waals surface area contributed by atoms with E-state index in [-0.39, 0.29) is 17.3 Å². The van der Waals surface area contributed by atoms with Crippen molar-refractivity contribution in [3.05, 3.63) is 6.20 Å². The number of aliphatic imine (C=N–C) groups is 1. The van der Waals surface area contributed by atoms with Crippen LogP contribution in [0.2, 0.25) is 0 Å². The maximum atomic E-state index is 12.0. The average Bonchev–Trinajstić information content (AvgIpc) is 2.84. The molecule has 0 atom stereocenters. The summed E-state index contributed by atoms with van der Waals surface area (Å²) in [5.74, 6) is 0.0247. The predicted octanol–water partition coefficient (Wildman–Crippen LogP) is 0.839. The molecule has 1 saturated heterocycles. The molecule has 23 heavy (non-hydrogen) atoms. The van der Waals surface area contributed by atoms with E-state index in [1.807, 2.05) is 20.8 Å². The quantitative estimate of drug-likeness (QED) is 0.468. The van der Waals surface area contributed by atoms with Crippen LogP contribution in [-0.4, -0.2) is 47.3 Å². The Morgan fingerprint density at radius 1 is 1.39 bits per heavy atom. The van der Waals surface area contributed by atoms with Crippen molar-refractivity contribution in [1.82, 2.24) is 10.2 Å². The van der Waals surface area contributed by atoms with Crippen molar-refractivity contribution in [3.63, 3.8) is 0 Å². The molecule has 1 aliphatic rings. The smallest absolute Gasteiger partial charge is 0.324 e. The molecule has 130 valence electrons. The molecule has 0 bridgehead atoms. The second kappa shape index (κ2) is 6.11. The zero-order chi connectivity index (χ0) is 17.4. The molecule has 2 heterocycles. The van der Waals surface area contributed by atoms with E-state index in [0.717, 1.165) is 19.6 Å². The van der Waals surface area contributed by atoms with E-state index in [2.05, 4.69) is 47.9 Å². The fourth-order valence-electron chi connectivity index (χ4n) is 2.66. The van der Waals surface area contributed by atoms with Crippen LogP contribution in [0.3, 0.4) is 0 Å². The van der Waals surface area contributed by atoms with Crippen LogP contribution in [0.4, 0.5) is 5.88 Å². The van der Waals surface area contributed by atoms with E-state index in [0.29, 0.717) is 6.04 Å². The summed E-state index contributed by atoms with van der Waals surface area (Å²) in [5.41, 5.74) is -0.616. The molecule has 0 aromatic carbocycles. The van der Waals surface area contributed by atoms with Crippen LogP contribution in [0, 0.1) is 5.41 Å². The Morgan fingerprint density at radius 3 is 2.57 bits per heavy atom. The molecule has 0 N–H and O–H groups in total. The van der Waals surface area contributed by atoms with E-state index >= 15 is 0 Å². The molecule has 7 heteroatoms. The average molecular weight is 323 g/mol. The lowest BCUT2D eigenvalue weighted by Crippen LogP contribution is -2.74. The van der Waals surface area contributed by atoms with Gasteiger partial charge in [-0.3, -0.25) is 9.42 Å². The number of nitrogens with zero attached hydrogens (tertiary/aromatic N) is 5. The minimum atomic E-state index is -0.528. The summed E-state index contributed by atoms with van der Waals surface area (Å²) >= 11 is 0. The van der Waals surface area contributed by atoms with Gasteiger partial charge in [-0.25, -0.2) is 4.99 Å². The fourth-order valence-corrected chi connectivity index (χ4v) is 2.66. The number of aromatic nitrogens is 2. The highest BCUT2D eigenvalue weighted by molar-refractivity contribution is 5.79. The number of hydrogen-bond donors (Lipinski definition) is 0. The first-order chi connectivity index (χ1) is 10.5. The maximum Gasteiger partial charge on any atom is 0.324 e. The fraction of sp³-hybridized carbons (Fsp3) is 0.812. The number of hydrogen-bond acceptors (Lipinski definition) is 6. The van der Waals surface area contributed by atoms with Gasteiger partial charge < -0.3 is 5.11 Å². The molecular weight excluding hydrogens is 294 g/mol. The van der Waals surface area contributed by atoms with Gasteiger partial charge in [-0.2, -0.15) is 0 Å². The van der Waals surface area contributed by atoms with E-state index in [4.69, 9.17) is 4.52 Å². The lowest BCUT2D eigenvalue weighted by molar-refractivity contribution is -0.766. The summed E-state index contributed by atoms with van der Waals surface area (Å²) in [4.78, 5) is 8.13. The van der Waals surface area contributed by atoms with Gasteiger partial charge >= 0.3 is 5.88 Å². The summed E-state index contributed by atoms with van der Waals surface area (Å²) in [6, 6.07) is 0.522. The van der Waals surface area contributed by atoms with Gasteiger partial charge in [0.15, 0.2) is 0 Å². The molecule has 1 aromatic rings. The highest BCUT2D eigenvalue weighted by atomic mass is 16.5. The van der Waals surface area contributed by atoms with Gasteiger partial charge in [0, 0.05) is 19.1 Å². The van der Waals surface area contributed by atoms with Crippen LogP contribution >= 0.6 is 0 Å². The Hall–Kier alpha value is -1.63. The number of rotatable bonds is 3. The SMILES string of the molecule is CC(C)N1CCN([n+]2cc(N=C([O-])C(C)(C)C)on2)C(C)(C)C1. The van der Waals surface area contributed by atoms with E-state index in [1.165, 1.54) is 0 Å². The van der Waals surface area contributed by atoms with Crippen LogP contribution in [0.1, 0.15) is 48.5 Å². The Morgan fingerprint density at radius 2 is 2.04 bits per heavy atom. The summed E-state index contributed by atoms with van der Waals surface area (Å²) in [6.45, 7) is 17.0. The van der Waals surface area contributed by atoms with Gasteiger partial charge in [0.05, 0.1) is 11.3 Å². The third kappa shape index (κ3) is 4.02. The monoisotopic (exact) mass is 323 g/mol. The zero-order valence-electron chi connectivity index (χ0n) is 15.3. The molecule has 0 aliphatic carbocycles. The zero-order valence-corrected chi connectivity index (χ0v) is 15.3. The number of piperazine rings is 1. The normalized spacial score (nSPS) is 20.3. The van der Waals surface area contributed by atoms with E-state index < -0.39 is 5.41 Å². The first-order valence-corrected chi connectivity index (χ1v) is 8.17. The first-order valence-electron chi connectivity index (χ1n) is 8.17. The van der Waals surface area contributed by atoms with Gasteiger partial charge in [-0.1, -0.05) is 20.8 Å². The standard InChI is InChI=1S/C16H29N5O2/c1-12(2)19-8-9-20(16(6,7)11-19)21-10-13(23-18-21)17-14(22)15(3,4)5/h10,12H,8-9,11H2,1-7H3. The lowest BCUT2D eigenvalue weighted by Gasteiger charge is -2.43. The predicted molar refractivity (Wildman–Crippen MR) is 87.1 cm³/mol. The van der Waals surface area contributed by atoms with Gasteiger partial charge in [0.1, 0.15) is 5.54 Å². The Labute approximate surface area is 138 Å². The Bertz CT molecular complexity index is 571. The second-order valence-corrected chi connectivity index (χ2v) is 8.13. The van der Waals surface area contributed by atoms with E-state index in [1.54, 1.807) is 11.0 Å². The molecule has 0 unspecified atom stereocenters. The van der Waals surface area contributed by atoms with Crippen molar-refractivity contribution in [2.45, 2.75) is 60.0 Å². The van der Waals surface area contributed by atoms with Crippen molar-refractivity contribution in [1.29, 1.82) is 0 Å². The van der Waals surface area contributed by atoms with Crippen molar-refractivity contribution in [2.75, 3.05) is 24.6 Å². The molecule has 7 nitrogen and oxygen atoms in total. The molecule has 1 fully saturated rings. The lowest BCUT2D eigenvalue weighted by atomic mass is 9.97. The third-order valence-electron chi connectivity index (χ3n) is 4.16. The summed E-state index contributed by atoms with van der Waals surface area (Å²) < 4.78 is 5.22. The molecule has 0 amide bonds. The molecule has 1 aromatic heterocycles. The van der Waals surface area contributed by atoms with Crippen LogP contribution in [0.5, 0.6) is 0 Å². The van der Waals surface area contributed by atoms with Gasteiger partial charge in [0.2, 0.25) is 5.27 Å². The topological polar surface area (TPSA) is 71.8 Å².